The average molecular weight is 300 g/mol. The molecule has 1 aromatic carbocycles. The van der Waals surface area contributed by atoms with Crippen LogP contribution in [0.5, 0.6) is 11.5 Å². The lowest BCUT2D eigenvalue weighted by Crippen LogP contribution is -2.45. The first-order valence-electron chi connectivity index (χ1n) is 6.59. The molecule has 1 rings (SSSR count). The van der Waals surface area contributed by atoms with Crippen molar-refractivity contribution < 1.29 is 14.3 Å². The van der Waals surface area contributed by atoms with Crippen LogP contribution in [0.15, 0.2) is 18.2 Å². The molecule has 0 bridgehead atoms. The lowest BCUT2D eigenvalue weighted by molar-refractivity contribution is 0.0901. The maximum Gasteiger partial charge on any atom is 0.251 e. The van der Waals surface area contributed by atoms with E-state index in [1.165, 1.54) is 0 Å². The number of hydrogen-bond donors (Lipinski definition) is 1. The Morgan fingerprint density at radius 1 is 1.25 bits per heavy atom. The molecule has 0 fully saturated rings. The van der Waals surface area contributed by atoms with Crippen molar-refractivity contribution in [1.29, 1.82) is 0 Å². The molecule has 5 heteroatoms. The van der Waals surface area contributed by atoms with Gasteiger partial charge in [-0.25, -0.2) is 0 Å². The lowest BCUT2D eigenvalue weighted by atomic mass is 9.95. The first kappa shape index (κ1) is 16.6. The summed E-state index contributed by atoms with van der Waals surface area (Å²) >= 11 is 5.80. The molecule has 20 heavy (non-hydrogen) atoms. The van der Waals surface area contributed by atoms with Crippen molar-refractivity contribution in [3.8, 4) is 11.5 Å². The van der Waals surface area contributed by atoms with Crippen LogP contribution in [-0.2, 0) is 0 Å². The van der Waals surface area contributed by atoms with E-state index in [0.29, 0.717) is 22.9 Å². The van der Waals surface area contributed by atoms with Gasteiger partial charge in [0.1, 0.15) is 11.5 Å². The zero-order valence-corrected chi connectivity index (χ0v) is 13.2. The maximum atomic E-state index is 12.4. The van der Waals surface area contributed by atoms with Gasteiger partial charge in [0, 0.05) is 23.0 Å². The molecule has 0 aromatic heterocycles. The van der Waals surface area contributed by atoms with Gasteiger partial charge < -0.3 is 14.8 Å². The SMILES string of the molecule is CCC(C)(CCCl)NC(=O)c1cc(OC)cc(OC)c1. The van der Waals surface area contributed by atoms with Crippen LogP contribution in [0.2, 0.25) is 0 Å². The van der Waals surface area contributed by atoms with E-state index in [4.69, 9.17) is 21.1 Å². The maximum absolute atomic E-state index is 12.4. The van der Waals surface area contributed by atoms with E-state index >= 15 is 0 Å². The van der Waals surface area contributed by atoms with Gasteiger partial charge in [-0.1, -0.05) is 6.92 Å². The summed E-state index contributed by atoms with van der Waals surface area (Å²) in [4.78, 5) is 12.4. The van der Waals surface area contributed by atoms with Gasteiger partial charge >= 0.3 is 0 Å². The van der Waals surface area contributed by atoms with Gasteiger partial charge in [0.05, 0.1) is 14.2 Å². The summed E-state index contributed by atoms with van der Waals surface area (Å²) in [6.07, 6.45) is 1.53. The van der Waals surface area contributed by atoms with Crippen LogP contribution < -0.4 is 14.8 Å². The second-order valence-corrected chi connectivity index (χ2v) is 5.29. The van der Waals surface area contributed by atoms with Crippen LogP contribution in [0.1, 0.15) is 37.0 Å². The number of nitrogens with one attached hydrogen (secondary N) is 1. The molecule has 0 aliphatic rings. The number of carbonyl (C=O) groups is 1. The number of rotatable bonds is 7. The van der Waals surface area contributed by atoms with E-state index in [1.807, 2.05) is 13.8 Å². The van der Waals surface area contributed by atoms with Crippen molar-refractivity contribution in [3.63, 3.8) is 0 Å². The van der Waals surface area contributed by atoms with Crippen LogP contribution in [0.4, 0.5) is 0 Å². The first-order chi connectivity index (χ1) is 9.47. The van der Waals surface area contributed by atoms with Crippen molar-refractivity contribution >= 4 is 17.5 Å². The summed E-state index contributed by atoms with van der Waals surface area (Å²) in [6, 6.07) is 5.11. The van der Waals surface area contributed by atoms with E-state index < -0.39 is 0 Å². The smallest absolute Gasteiger partial charge is 0.251 e. The van der Waals surface area contributed by atoms with Crippen molar-refractivity contribution in [2.24, 2.45) is 0 Å². The van der Waals surface area contributed by atoms with Crippen LogP contribution in [0.25, 0.3) is 0 Å². The normalized spacial score (nSPS) is 13.4. The summed E-state index contributed by atoms with van der Waals surface area (Å²) < 4.78 is 10.3. The fourth-order valence-corrected chi connectivity index (χ4v) is 2.24. The highest BCUT2D eigenvalue weighted by Gasteiger charge is 2.24. The van der Waals surface area contributed by atoms with Gasteiger partial charge in [0.25, 0.3) is 5.91 Å². The molecule has 1 unspecified atom stereocenters. The number of methoxy groups -OCH3 is 2. The van der Waals surface area contributed by atoms with E-state index in [0.717, 1.165) is 12.8 Å². The Hall–Kier alpha value is -1.42. The van der Waals surface area contributed by atoms with E-state index in [1.54, 1.807) is 32.4 Å². The van der Waals surface area contributed by atoms with Crippen molar-refractivity contribution in [1.82, 2.24) is 5.32 Å². The number of benzene rings is 1. The van der Waals surface area contributed by atoms with Gasteiger partial charge in [0.15, 0.2) is 0 Å². The van der Waals surface area contributed by atoms with E-state index in [9.17, 15) is 4.79 Å². The van der Waals surface area contributed by atoms with Crippen molar-refractivity contribution in [2.45, 2.75) is 32.2 Å². The quantitative estimate of drug-likeness (QED) is 0.786. The monoisotopic (exact) mass is 299 g/mol. The topological polar surface area (TPSA) is 47.6 Å². The van der Waals surface area contributed by atoms with Crippen LogP contribution >= 0.6 is 11.6 Å². The molecule has 1 aromatic rings. The predicted octanol–water partition coefficient (Wildman–Crippen LogP) is 3.23. The average Bonchev–Trinajstić information content (AvgIpc) is 2.46. The van der Waals surface area contributed by atoms with Crippen LogP contribution in [0, 0.1) is 0 Å². The second kappa shape index (κ2) is 7.39. The van der Waals surface area contributed by atoms with Gasteiger partial charge in [0.2, 0.25) is 0 Å². The fraction of sp³-hybridized carbons (Fsp3) is 0.533. The lowest BCUT2D eigenvalue weighted by Gasteiger charge is -2.29. The Labute approximate surface area is 125 Å². The number of hydrogen-bond acceptors (Lipinski definition) is 3. The molecule has 0 aliphatic heterocycles. The number of halogens is 1. The third-order valence-corrected chi connectivity index (χ3v) is 3.64. The number of amides is 1. The summed E-state index contributed by atoms with van der Waals surface area (Å²) in [6.45, 7) is 4.02. The summed E-state index contributed by atoms with van der Waals surface area (Å²) in [5.74, 6) is 1.53. The van der Waals surface area contributed by atoms with Crippen molar-refractivity contribution in [3.05, 3.63) is 23.8 Å². The Morgan fingerprint density at radius 2 is 1.80 bits per heavy atom. The minimum atomic E-state index is -0.310. The first-order valence-corrected chi connectivity index (χ1v) is 7.13. The molecule has 0 radical (unpaired) electrons. The Balaban J connectivity index is 2.96. The molecule has 0 aliphatic carbocycles. The van der Waals surface area contributed by atoms with E-state index in [2.05, 4.69) is 5.32 Å². The summed E-state index contributed by atoms with van der Waals surface area (Å²) in [5.41, 5.74) is 0.199. The zero-order valence-electron chi connectivity index (χ0n) is 12.5. The van der Waals surface area contributed by atoms with E-state index in [-0.39, 0.29) is 11.4 Å². The minimum absolute atomic E-state index is 0.156. The third kappa shape index (κ3) is 4.30. The predicted molar refractivity (Wildman–Crippen MR) is 81.0 cm³/mol. The van der Waals surface area contributed by atoms with Crippen LogP contribution in [-0.4, -0.2) is 31.5 Å². The Bertz CT molecular complexity index is 442. The molecule has 0 saturated carbocycles. The minimum Gasteiger partial charge on any atom is -0.497 e. The molecule has 0 saturated heterocycles. The molecule has 0 spiro atoms. The van der Waals surface area contributed by atoms with Gasteiger partial charge in [-0.2, -0.15) is 0 Å². The highest BCUT2D eigenvalue weighted by Crippen LogP contribution is 2.23. The van der Waals surface area contributed by atoms with Gasteiger partial charge in [-0.3, -0.25) is 4.79 Å². The van der Waals surface area contributed by atoms with Gasteiger partial charge in [-0.15, -0.1) is 11.6 Å². The van der Waals surface area contributed by atoms with Gasteiger partial charge in [-0.05, 0) is 31.9 Å². The fourth-order valence-electron chi connectivity index (χ4n) is 1.82. The Morgan fingerprint density at radius 3 is 2.20 bits per heavy atom. The summed E-state index contributed by atoms with van der Waals surface area (Å²) in [7, 11) is 3.11. The highest BCUT2D eigenvalue weighted by molar-refractivity contribution is 6.17. The number of ether oxygens (including phenoxy) is 2. The molecule has 1 amide bonds. The Kier molecular flexibility index (Phi) is 6.14. The molecule has 0 heterocycles. The standard InChI is InChI=1S/C15H22ClNO3/c1-5-15(2,6-7-16)17-14(18)11-8-12(19-3)10-13(9-11)20-4/h8-10H,5-7H2,1-4H3,(H,17,18). The number of carbonyl (C=O) groups excluding carboxylic acids is 1. The van der Waals surface area contributed by atoms with Crippen molar-refractivity contribution in [2.75, 3.05) is 20.1 Å². The summed E-state index contributed by atoms with van der Waals surface area (Å²) in [5, 5.41) is 3.03. The molecular formula is C15H22ClNO3. The molecular weight excluding hydrogens is 278 g/mol. The van der Waals surface area contributed by atoms with Crippen LogP contribution in [0.3, 0.4) is 0 Å². The largest absolute Gasteiger partial charge is 0.497 e. The highest BCUT2D eigenvalue weighted by atomic mass is 35.5. The zero-order chi connectivity index (χ0) is 15.2. The molecule has 112 valence electrons. The second-order valence-electron chi connectivity index (χ2n) is 4.91. The molecule has 4 nitrogen and oxygen atoms in total. The molecule has 1 atom stereocenters. The number of alkyl halides is 1. The molecule has 1 N–H and O–H groups in total. The third-order valence-electron chi connectivity index (χ3n) is 3.46.